The molecule has 0 spiro atoms. The number of H-pyrrole nitrogens is 2. The number of nitrogens with one attached hydrogen (secondary N) is 2. The minimum Gasteiger partial charge on any atom is -0.472 e. The minimum absolute atomic E-state index is 0.222. The molecule has 0 amide bonds. The van der Waals surface area contributed by atoms with Crippen LogP contribution in [0.3, 0.4) is 0 Å². The summed E-state index contributed by atoms with van der Waals surface area (Å²) in [4.78, 5) is 16.3. The summed E-state index contributed by atoms with van der Waals surface area (Å²) in [5.74, 6) is 0. The molecule has 13 heavy (non-hydrogen) atoms. The maximum Gasteiger partial charge on any atom is 0.252 e. The van der Waals surface area contributed by atoms with Crippen molar-refractivity contribution in [3.63, 3.8) is 0 Å². The Morgan fingerprint density at radius 2 is 2.23 bits per heavy atom. The summed E-state index contributed by atoms with van der Waals surface area (Å²) in [6, 6.07) is 3.18. The van der Waals surface area contributed by atoms with Crippen LogP contribution in [0.4, 0.5) is 0 Å². The zero-order valence-electron chi connectivity index (χ0n) is 6.53. The standard InChI is InChI=1S/C8H6N2O2S/c11-7-3-6(9-8(13)10-7)5-1-2-12-4-5/h1-4H,(H2,9,10,11,13). The average molecular weight is 194 g/mol. The lowest BCUT2D eigenvalue weighted by Crippen LogP contribution is -2.05. The molecule has 5 heteroatoms. The van der Waals surface area contributed by atoms with Crippen LogP contribution >= 0.6 is 12.2 Å². The molecule has 2 N–H and O–H groups in total. The molecule has 66 valence electrons. The monoisotopic (exact) mass is 194 g/mol. The molecule has 0 bridgehead atoms. The fraction of sp³-hybridized carbons (Fsp3) is 0. The van der Waals surface area contributed by atoms with Crippen molar-refractivity contribution in [3.05, 3.63) is 39.8 Å². The first-order chi connectivity index (χ1) is 6.25. The van der Waals surface area contributed by atoms with Gasteiger partial charge in [0.1, 0.15) is 0 Å². The van der Waals surface area contributed by atoms with Crippen LogP contribution in [0, 0.1) is 4.77 Å². The molecule has 2 heterocycles. The first-order valence-electron chi connectivity index (χ1n) is 3.62. The first kappa shape index (κ1) is 8.00. The number of furan rings is 1. The zero-order chi connectivity index (χ0) is 9.26. The van der Waals surface area contributed by atoms with E-state index >= 15 is 0 Å². The van der Waals surface area contributed by atoms with Gasteiger partial charge in [0, 0.05) is 11.6 Å². The van der Waals surface area contributed by atoms with Crippen LogP contribution in [0.2, 0.25) is 0 Å². The van der Waals surface area contributed by atoms with Crippen LogP contribution in [-0.2, 0) is 0 Å². The highest BCUT2D eigenvalue weighted by molar-refractivity contribution is 7.71. The molecule has 4 nitrogen and oxygen atoms in total. The molecule has 0 fully saturated rings. The molecular weight excluding hydrogens is 188 g/mol. The van der Waals surface area contributed by atoms with Crippen LogP contribution in [0.1, 0.15) is 0 Å². The Hall–Kier alpha value is -1.62. The van der Waals surface area contributed by atoms with E-state index in [1.165, 1.54) is 12.3 Å². The van der Waals surface area contributed by atoms with Gasteiger partial charge in [-0.25, -0.2) is 0 Å². The SMILES string of the molecule is O=c1cc(-c2ccoc2)[nH]c(=S)[nH]1. The maximum absolute atomic E-state index is 11.0. The Kier molecular flexibility index (Phi) is 1.86. The van der Waals surface area contributed by atoms with Gasteiger partial charge >= 0.3 is 0 Å². The van der Waals surface area contributed by atoms with Gasteiger partial charge in [-0.3, -0.25) is 9.78 Å². The van der Waals surface area contributed by atoms with Crippen molar-refractivity contribution in [2.24, 2.45) is 0 Å². The number of hydrogen-bond donors (Lipinski definition) is 2. The molecule has 2 rings (SSSR count). The largest absolute Gasteiger partial charge is 0.472 e. The molecule has 0 saturated carbocycles. The second kappa shape index (κ2) is 3.02. The van der Waals surface area contributed by atoms with Gasteiger partial charge in [-0.2, -0.15) is 0 Å². The number of aromatic amines is 2. The molecule has 0 saturated heterocycles. The molecule has 0 aliphatic carbocycles. The summed E-state index contributed by atoms with van der Waals surface area (Å²) in [7, 11) is 0. The van der Waals surface area contributed by atoms with Gasteiger partial charge in [0.25, 0.3) is 5.56 Å². The molecule has 0 aliphatic heterocycles. The molecular formula is C8H6N2O2S. The quantitative estimate of drug-likeness (QED) is 0.679. The Bertz CT molecular complexity index is 481. The van der Waals surface area contributed by atoms with Gasteiger partial charge in [0.05, 0.1) is 18.2 Å². The second-order valence-corrected chi connectivity index (χ2v) is 2.92. The van der Waals surface area contributed by atoms with Crippen molar-refractivity contribution in [3.8, 4) is 11.3 Å². The van der Waals surface area contributed by atoms with Crippen molar-refractivity contribution < 1.29 is 4.42 Å². The summed E-state index contributed by atoms with van der Waals surface area (Å²) < 4.78 is 5.19. The van der Waals surface area contributed by atoms with E-state index < -0.39 is 0 Å². The van der Waals surface area contributed by atoms with Crippen molar-refractivity contribution in [2.75, 3.05) is 0 Å². The third kappa shape index (κ3) is 1.59. The third-order valence-electron chi connectivity index (χ3n) is 1.59. The summed E-state index contributed by atoms with van der Waals surface area (Å²) in [5, 5.41) is 0. The average Bonchev–Trinajstić information content (AvgIpc) is 2.53. The fourth-order valence-corrected chi connectivity index (χ4v) is 1.25. The minimum atomic E-state index is -0.222. The van der Waals surface area contributed by atoms with E-state index in [4.69, 9.17) is 16.6 Å². The van der Waals surface area contributed by atoms with Crippen LogP contribution in [-0.4, -0.2) is 9.97 Å². The predicted molar refractivity (Wildman–Crippen MR) is 49.9 cm³/mol. The van der Waals surface area contributed by atoms with E-state index in [1.54, 1.807) is 12.3 Å². The summed E-state index contributed by atoms with van der Waals surface area (Å²) in [6.45, 7) is 0. The summed E-state index contributed by atoms with van der Waals surface area (Å²) >= 11 is 4.82. The normalized spacial score (nSPS) is 10.2. The van der Waals surface area contributed by atoms with Gasteiger partial charge < -0.3 is 9.40 Å². The number of rotatable bonds is 1. The van der Waals surface area contributed by atoms with Crippen LogP contribution in [0.25, 0.3) is 11.3 Å². The topological polar surface area (TPSA) is 61.8 Å². The van der Waals surface area contributed by atoms with Crippen molar-refractivity contribution in [1.29, 1.82) is 0 Å². The van der Waals surface area contributed by atoms with Gasteiger partial charge in [0.15, 0.2) is 4.77 Å². The maximum atomic E-state index is 11.0. The summed E-state index contributed by atoms with van der Waals surface area (Å²) in [5.41, 5.74) is 1.24. The van der Waals surface area contributed by atoms with Crippen molar-refractivity contribution >= 4 is 12.2 Å². The molecule has 0 atom stereocenters. The molecule has 0 radical (unpaired) electrons. The van der Waals surface area contributed by atoms with Crippen LogP contribution < -0.4 is 5.56 Å². The highest BCUT2D eigenvalue weighted by atomic mass is 32.1. The Labute approximate surface area is 78.2 Å². The molecule has 0 unspecified atom stereocenters. The van der Waals surface area contributed by atoms with E-state index in [2.05, 4.69) is 9.97 Å². The second-order valence-electron chi connectivity index (χ2n) is 2.51. The summed E-state index contributed by atoms with van der Waals surface area (Å²) in [6.07, 6.45) is 3.08. The van der Waals surface area contributed by atoms with E-state index in [-0.39, 0.29) is 5.56 Å². The fourth-order valence-electron chi connectivity index (χ4n) is 1.04. The third-order valence-corrected chi connectivity index (χ3v) is 1.80. The van der Waals surface area contributed by atoms with E-state index in [9.17, 15) is 4.79 Å². The lowest BCUT2D eigenvalue weighted by atomic mass is 10.2. The smallest absolute Gasteiger partial charge is 0.252 e. The lowest BCUT2D eigenvalue weighted by molar-refractivity contribution is 0.568. The van der Waals surface area contributed by atoms with Gasteiger partial charge in [-0.1, -0.05) is 0 Å². The molecule has 0 aromatic carbocycles. The Balaban J connectivity index is 2.66. The number of hydrogen-bond acceptors (Lipinski definition) is 3. The zero-order valence-corrected chi connectivity index (χ0v) is 7.35. The number of aromatic nitrogens is 2. The lowest BCUT2D eigenvalue weighted by Gasteiger charge is -1.94. The van der Waals surface area contributed by atoms with Crippen molar-refractivity contribution in [1.82, 2.24) is 9.97 Å². The van der Waals surface area contributed by atoms with Crippen LogP contribution in [0.15, 0.2) is 33.9 Å². The Morgan fingerprint density at radius 3 is 2.85 bits per heavy atom. The van der Waals surface area contributed by atoms with Crippen molar-refractivity contribution in [2.45, 2.75) is 0 Å². The van der Waals surface area contributed by atoms with Crippen LogP contribution in [0.5, 0.6) is 0 Å². The molecule has 2 aromatic rings. The first-order valence-corrected chi connectivity index (χ1v) is 4.03. The predicted octanol–water partition coefficient (Wildman–Crippen LogP) is 1.69. The highest BCUT2D eigenvalue weighted by Gasteiger charge is 1.99. The van der Waals surface area contributed by atoms with E-state index in [0.29, 0.717) is 10.5 Å². The molecule has 0 aliphatic rings. The van der Waals surface area contributed by atoms with Gasteiger partial charge in [-0.05, 0) is 18.3 Å². The van der Waals surface area contributed by atoms with Gasteiger partial charge in [0.2, 0.25) is 0 Å². The highest BCUT2D eigenvalue weighted by Crippen LogP contribution is 2.14. The molecule has 2 aromatic heterocycles. The van der Waals surface area contributed by atoms with Gasteiger partial charge in [-0.15, -0.1) is 0 Å². The Morgan fingerprint density at radius 1 is 1.38 bits per heavy atom. The van der Waals surface area contributed by atoms with E-state index in [0.717, 1.165) is 5.56 Å². The van der Waals surface area contributed by atoms with E-state index in [1.807, 2.05) is 0 Å².